The van der Waals surface area contributed by atoms with Crippen molar-refractivity contribution in [3.63, 3.8) is 0 Å². The van der Waals surface area contributed by atoms with Gasteiger partial charge in [-0.3, -0.25) is 4.79 Å². The summed E-state index contributed by atoms with van der Waals surface area (Å²) in [7, 11) is -4.09. The zero-order valence-electron chi connectivity index (χ0n) is 13.7. The van der Waals surface area contributed by atoms with Gasteiger partial charge in [0.1, 0.15) is 10.6 Å². The van der Waals surface area contributed by atoms with Crippen LogP contribution in [0.1, 0.15) is 18.9 Å². The molecular formula is C18H14Cl2N2O3S. The highest BCUT2D eigenvalue weighted by Crippen LogP contribution is 2.32. The Morgan fingerprint density at radius 2 is 1.65 bits per heavy atom. The summed E-state index contributed by atoms with van der Waals surface area (Å²) in [5.41, 5.74) is 2.21. The second kappa shape index (κ2) is 7.23. The molecule has 1 aliphatic rings. The number of nitrogens with one attached hydrogen (secondary N) is 1. The van der Waals surface area contributed by atoms with Crippen molar-refractivity contribution in [2.75, 3.05) is 0 Å². The van der Waals surface area contributed by atoms with Crippen LogP contribution in [-0.2, 0) is 14.8 Å². The van der Waals surface area contributed by atoms with E-state index >= 15 is 0 Å². The fourth-order valence-electron chi connectivity index (χ4n) is 2.58. The normalized spacial score (nSPS) is 14.3. The molecule has 5 nitrogen and oxygen atoms in total. The highest BCUT2D eigenvalue weighted by Gasteiger charge is 2.27. The fourth-order valence-corrected chi connectivity index (χ4v) is 4.30. The van der Waals surface area contributed by atoms with Crippen molar-refractivity contribution in [3.8, 4) is 0 Å². The van der Waals surface area contributed by atoms with Crippen molar-refractivity contribution in [1.29, 1.82) is 0 Å². The minimum absolute atomic E-state index is 0.0345. The fraction of sp³-hybridized carbons (Fsp3) is 0.111. The molecule has 2 aromatic carbocycles. The summed E-state index contributed by atoms with van der Waals surface area (Å²) in [4.78, 5) is 16.6. The number of halogens is 2. The van der Waals surface area contributed by atoms with Gasteiger partial charge in [0.05, 0.1) is 10.7 Å². The zero-order valence-corrected chi connectivity index (χ0v) is 16.0. The third kappa shape index (κ3) is 3.67. The standard InChI is InChI=1S/C18H14Cl2N2O3S/c1-11-10-15(21-17(11)12-6-2-3-7-13(12)19)18(23)22-26(24,25)16-9-5-4-8-14(16)20/h2-9H,10H2,1H3,(H,22,23). The number of carbonyl (C=O) groups is 1. The van der Waals surface area contributed by atoms with E-state index in [2.05, 4.69) is 4.99 Å². The molecular weight excluding hydrogens is 395 g/mol. The van der Waals surface area contributed by atoms with Crippen LogP contribution in [0, 0.1) is 0 Å². The summed E-state index contributed by atoms with van der Waals surface area (Å²) >= 11 is 12.1. The quantitative estimate of drug-likeness (QED) is 0.827. The van der Waals surface area contributed by atoms with Gasteiger partial charge in [-0.05, 0) is 30.7 Å². The van der Waals surface area contributed by atoms with Gasteiger partial charge in [-0.25, -0.2) is 18.1 Å². The highest BCUT2D eigenvalue weighted by molar-refractivity contribution is 7.90. The number of sulfonamides is 1. The van der Waals surface area contributed by atoms with Crippen LogP contribution in [0.3, 0.4) is 0 Å². The van der Waals surface area contributed by atoms with Crippen molar-refractivity contribution in [2.24, 2.45) is 4.99 Å². The number of hydrogen-bond donors (Lipinski definition) is 1. The van der Waals surface area contributed by atoms with Crippen LogP contribution in [-0.4, -0.2) is 20.0 Å². The third-order valence-corrected chi connectivity index (χ3v) is 5.99. The molecule has 1 amide bonds. The Hall–Kier alpha value is -2.15. The number of carbonyl (C=O) groups excluding carboxylic acids is 1. The van der Waals surface area contributed by atoms with Gasteiger partial charge in [-0.15, -0.1) is 0 Å². The average Bonchev–Trinajstić information content (AvgIpc) is 2.97. The number of hydrogen-bond acceptors (Lipinski definition) is 4. The number of benzene rings is 2. The van der Waals surface area contributed by atoms with Crippen LogP contribution < -0.4 is 4.72 Å². The summed E-state index contributed by atoms with van der Waals surface area (Å²) in [5.74, 6) is -0.786. The molecule has 0 spiro atoms. The van der Waals surface area contributed by atoms with Gasteiger partial charge in [-0.1, -0.05) is 53.5 Å². The molecule has 0 atom stereocenters. The van der Waals surface area contributed by atoms with Gasteiger partial charge >= 0.3 is 0 Å². The molecule has 8 heteroatoms. The number of allylic oxidation sites excluding steroid dienone is 1. The minimum atomic E-state index is -4.09. The molecule has 0 bridgehead atoms. The Labute approximate surface area is 161 Å². The van der Waals surface area contributed by atoms with E-state index in [0.717, 1.165) is 5.57 Å². The molecule has 1 heterocycles. The van der Waals surface area contributed by atoms with Gasteiger partial charge in [0.15, 0.2) is 0 Å². The summed E-state index contributed by atoms with van der Waals surface area (Å²) in [6.45, 7) is 1.82. The van der Waals surface area contributed by atoms with E-state index in [9.17, 15) is 13.2 Å². The molecule has 0 aromatic heterocycles. The molecule has 1 N–H and O–H groups in total. The van der Waals surface area contributed by atoms with Gasteiger partial charge < -0.3 is 0 Å². The molecule has 0 saturated carbocycles. The van der Waals surface area contributed by atoms with E-state index in [4.69, 9.17) is 23.2 Å². The Morgan fingerprint density at radius 1 is 1.04 bits per heavy atom. The smallest absolute Gasteiger partial charge is 0.267 e. The lowest BCUT2D eigenvalue weighted by molar-refractivity contribution is -0.113. The lowest BCUT2D eigenvalue weighted by Crippen LogP contribution is -2.35. The molecule has 134 valence electrons. The minimum Gasteiger partial charge on any atom is -0.267 e. The zero-order chi connectivity index (χ0) is 18.9. The molecule has 26 heavy (non-hydrogen) atoms. The van der Waals surface area contributed by atoms with Crippen molar-refractivity contribution in [2.45, 2.75) is 18.2 Å². The van der Waals surface area contributed by atoms with E-state index in [0.29, 0.717) is 16.3 Å². The first-order valence-corrected chi connectivity index (χ1v) is 9.87. The molecule has 1 aliphatic heterocycles. The molecule has 0 unspecified atom stereocenters. The molecule has 0 aliphatic carbocycles. The highest BCUT2D eigenvalue weighted by atomic mass is 35.5. The van der Waals surface area contributed by atoms with Crippen LogP contribution in [0.5, 0.6) is 0 Å². The van der Waals surface area contributed by atoms with Crippen molar-refractivity contribution < 1.29 is 13.2 Å². The van der Waals surface area contributed by atoms with Crippen molar-refractivity contribution in [3.05, 3.63) is 69.7 Å². The van der Waals surface area contributed by atoms with Gasteiger partial charge in [0.2, 0.25) is 0 Å². The maximum Gasteiger partial charge on any atom is 0.279 e. The van der Waals surface area contributed by atoms with Gasteiger partial charge in [0, 0.05) is 17.0 Å². The second-order valence-electron chi connectivity index (χ2n) is 5.71. The number of rotatable bonds is 4. The van der Waals surface area contributed by atoms with Crippen LogP contribution in [0.4, 0.5) is 0 Å². The van der Waals surface area contributed by atoms with E-state index in [1.54, 1.807) is 24.3 Å². The lowest BCUT2D eigenvalue weighted by atomic mass is 10.1. The first-order chi connectivity index (χ1) is 12.3. The second-order valence-corrected chi connectivity index (χ2v) is 8.17. The monoisotopic (exact) mass is 408 g/mol. The van der Waals surface area contributed by atoms with E-state index < -0.39 is 15.9 Å². The summed E-state index contributed by atoms with van der Waals surface area (Å²) in [6.07, 6.45) is 0.241. The van der Waals surface area contributed by atoms with Crippen LogP contribution >= 0.6 is 23.2 Å². The first kappa shape index (κ1) is 18.6. The Morgan fingerprint density at radius 3 is 2.31 bits per heavy atom. The topological polar surface area (TPSA) is 75.6 Å². The summed E-state index contributed by atoms with van der Waals surface area (Å²) in [6, 6.07) is 13.0. The largest absolute Gasteiger partial charge is 0.279 e. The maximum absolute atomic E-state index is 12.4. The third-order valence-electron chi connectivity index (χ3n) is 3.83. The van der Waals surface area contributed by atoms with Gasteiger partial charge in [0.25, 0.3) is 15.9 Å². The van der Waals surface area contributed by atoms with Gasteiger partial charge in [-0.2, -0.15) is 0 Å². The van der Waals surface area contributed by atoms with Crippen LogP contribution in [0.2, 0.25) is 10.0 Å². The predicted molar refractivity (Wildman–Crippen MR) is 103 cm³/mol. The van der Waals surface area contributed by atoms with Crippen molar-refractivity contribution in [1.82, 2.24) is 4.72 Å². The molecule has 0 radical (unpaired) electrons. The Balaban J connectivity index is 1.85. The molecule has 0 fully saturated rings. The Kier molecular flexibility index (Phi) is 5.18. The lowest BCUT2D eigenvalue weighted by Gasteiger charge is -2.08. The van der Waals surface area contributed by atoms with E-state index in [-0.39, 0.29) is 22.1 Å². The van der Waals surface area contributed by atoms with E-state index in [1.807, 2.05) is 17.7 Å². The maximum atomic E-state index is 12.4. The van der Waals surface area contributed by atoms with E-state index in [1.165, 1.54) is 18.2 Å². The predicted octanol–water partition coefficient (Wildman–Crippen LogP) is 4.07. The number of aliphatic imine (C=N–C) groups is 1. The molecule has 2 aromatic rings. The summed E-state index contributed by atoms with van der Waals surface area (Å²) < 4.78 is 26.8. The summed E-state index contributed by atoms with van der Waals surface area (Å²) in [5, 5.41) is 0.545. The molecule has 3 rings (SSSR count). The average molecular weight is 409 g/mol. The SMILES string of the molecule is CC1=C(c2ccccc2Cl)N=C(C(=O)NS(=O)(=O)c2ccccc2Cl)C1. The molecule has 0 saturated heterocycles. The number of amides is 1. The Bertz CT molecular complexity index is 1060. The first-order valence-electron chi connectivity index (χ1n) is 7.63. The van der Waals surface area contributed by atoms with Crippen molar-refractivity contribution >= 4 is 50.5 Å². The number of nitrogens with zero attached hydrogens (tertiary/aromatic N) is 1. The van der Waals surface area contributed by atoms with Crippen LogP contribution in [0.25, 0.3) is 5.70 Å². The van der Waals surface area contributed by atoms with Crippen LogP contribution in [0.15, 0.2) is 64.0 Å².